The van der Waals surface area contributed by atoms with Gasteiger partial charge in [0.05, 0.1) is 10.3 Å². The Labute approximate surface area is 225 Å². The number of nitrogens with one attached hydrogen (secondary N) is 1. The topological polar surface area (TPSA) is 106 Å². The first-order valence-corrected chi connectivity index (χ1v) is 13.9. The summed E-state index contributed by atoms with van der Waals surface area (Å²) in [6.45, 7) is 5.76. The Hall–Kier alpha value is -3.66. The molecule has 38 heavy (non-hydrogen) atoms. The first-order valence-electron chi connectivity index (χ1n) is 12.0. The normalized spacial score (nSPS) is 12.4. The molecule has 0 bridgehead atoms. The molecular formula is C28H27ClN2O6S. The number of benzene rings is 3. The van der Waals surface area contributed by atoms with E-state index in [-0.39, 0.29) is 16.4 Å². The van der Waals surface area contributed by atoms with Crippen LogP contribution in [0.2, 0.25) is 5.02 Å². The lowest BCUT2D eigenvalue weighted by molar-refractivity contribution is -0.122. The summed E-state index contributed by atoms with van der Waals surface area (Å²) in [5.74, 6) is -0.454. The molecule has 8 nitrogen and oxygen atoms in total. The van der Waals surface area contributed by atoms with Crippen molar-refractivity contribution in [3.63, 3.8) is 0 Å². The molecule has 1 atom stereocenters. The van der Waals surface area contributed by atoms with Crippen LogP contribution >= 0.6 is 11.6 Å². The molecular weight excluding hydrogens is 528 g/mol. The standard InChI is InChI=1S/C28H27ClN2O6S/c1-4-31(5-2)38(34,35)22-16-14-21(15-17-22)30-28(33)18(3)36-27-25(32)23-8-6-7-9-24(23)37-26(27)19-10-12-20(29)13-11-19/h6-18H,4-5H2,1-3H3,(H,30,33). The number of hydrogen-bond acceptors (Lipinski definition) is 6. The monoisotopic (exact) mass is 554 g/mol. The third kappa shape index (κ3) is 5.60. The number of fused-ring (bicyclic) bond motifs is 1. The molecule has 0 radical (unpaired) electrons. The number of carbonyl (C=O) groups excluding carboxylic acids is 1. The highest BCUT2D eigenvalue weighted by atomic mass is 35.5. The van der Waals surface area contributed by atoms with Gasteiger partial charge >= 0.3 is 0 Å². The highest BCUT2D eigenvalue weighted by Gasteiger charge is 2.24. The molecule has 1 aromatic heterocycles. The van der Waals surface area contributed by atoms with Gasteiger partial charge in [-0.15, -0.1) is 0 Å². The molecule has 1 heterocycles. The Bertz CT molecular complexity index is 1610. The maximum Gasteiger partial charge on any atom is 0.265 e. The van der Waals surface area contributed by atoms with Crippen LogP contribution in [0.15, 0.2) is 86.9 Å². The molecule has 1 unspecified atom stereocenters. The lowest BCUT2D eigenvalue weighted by atomic mass is 10.1. The molecule has 0 aliphatic heterocycles. The summed E-state index contributed by atoms with van der Waals surface area (Å²) >= 11 is 6.02. The van der Waals surface area contributed by atoms with Crippen LogP contribution in [0.25, 0.3) is 22.3 Å². The van der Waals surface area contributed by atoms with Crippen molar-refractivity contribution in [2.75, 3.05) is 18.4 Å². The summed E-state index contributed by atoms with van der Waals surface area (Å²) in [5.41, 5.74) is 0.909. The Morgan fingerprint density at radius 3 is 2.26 bits per heavy atom. The number of carbonyl (C=O) groups is 1. The van der Waals surface area contributed by atoms with Gasteiger partial charge in [-0.25, -0.2) is 8.42 Å². The fourth-order valence-corrected chi connectivity index (χ4v) is 5.50. The van der Waals surface area contributed by atoms with E-state index in [4.69, 9.17) is 20.8 Å². The average Bonchev–Trinajstić information content (AvgIpc) is 2.91. The highest BCUT2D eigenvalue weighted by molar-refractivity contribution is 7.89. The number of anilines is 1. The molecule has 10 heteroatoms. The van der Waals surface area contributed by atoms with Crippen LogP contribution in [0.5, 0.6) is 5.75 Å². The van der Waals surface area contributed by atoms with Crippen LogP contribution in [0.4, 0.5) is 5.69 Å². The zero-order chi connectivity index (χ0) is 27.4. The SMILES string of the molecule is CCN(CC)S(=O)(=O)c1ccc(NC(=O)C(C)Oc2c(-c3ccc(Cl)cc3)oc3ccccc3c2=O)cc1. The van der Waals surface area contributed by atoms with Gasteiger partial charge in [-0.1, -0.05) is 37.6 Å². The predicted molar refractivity (Wildman–Crippen MR) is 148 cm³/mol. The highest BCUT2D eigenvalue weighted by Crippen LogP contribution is 2.32. The smallest absolute Gasteiger partial charge is 0.265 e. The lowest BCUT2D eigenvalue weighted by Crippen LogP contribution is -2.32. The van der Waals surface area contributed by atoms with Gasteiger partial charge in [0.2, 0.25) is 21.2 Å². The number of sulfonamides is 1. The van der Waals surface area contributed by atoms with E-state index < -0.39 is 27.5 Å². The molecule has 0 aliphatic carbocycles. The van der Waals surface area contributed by atoms with Gasteiger partial charge in [0.15, 0.2) is 11.9 Å². The van der Waals surface area contributed by atoms with Crippen LogP contribution in [0, 0.1) is 0 Å². The maximum atomic E-state index is 13.3. The summed E-state index contributed by atoms with van der Waals surface area (Å²) in [5, 5.41) is 3.53. The quantitative estimate of drug-likeness (QED) is 0.291. The van der Waals surface area contributed by atoms with E-state index in [9.17, 15) is 18.0 Å². The van der Waals surface area contributed by atoms with Crippen molar-refractivity contribution >= 4 is 44.2 Å². The van der Waals surface area contributed by atoms with E-state index >= 15 is 0 Å². The zero-order valence-electron chi connectivity index (χ0n) is 21.1. The average molecular weight is 555 g/mol. The molecule has 3 aromatic carbocycles. The van der Waals surface area contributed by atoms with Crippen LogP contribution < -0.4 is 15.5 Å². The van der Waals surface area contributed by atoms with Crippen molar-refractivity contribution in [2.24, 2.45) is 0 Å². The van der Waals surface area contributed by atoms with Gasteiger partial charge < -0.3 is 14.5 Å². The fraction of sp³-hybridized carbons (Fsp3) is 0.214. The van der Waals surface area contributed by atoms with Gasteiger partial charge in [-0.3, -0.25) is 9.59 Å². The van der Waals surface area contributed by atoms with Crippen LogP contribution in [-0.4, -0.2) is 37.8 Å². The number of hydrogen-bond donors (Lipinski definition) is 1. The Balaban J connectivity index is 1.59. The molecule has 0 aliphatic rings. The minimum absolute atomic E-state index is 0.102. The lowest BCUT2D eigenvalue weighted by Gasteiger charge is -2.19. The summed E-state index contributed by atoms with van der Waals surface area (Å²) in [4.78, 5) is 26.4. The second kappa shape index (κ2) is 11.4. The van der Waals surface area contributed by atoms with Crippen molar-refractivity contribution < 1.29 is 22.4 Å². The van der Waals surface area contributed by atoms with E-state index in [0.29, 0.717) is 40.3 Å². The maximum absolute atomic E-state index is 13.3. The number of halogens is 1. The first-order chi connectivity index (χ1) is 18.1. The van der Waals surface area contributed by atoms with Gasteiger partial charge in [-0.2, -0.15) is 4.31 Å². The largest absolute Gasteiger partial charge is 0.473 e. The molecule has 198 valence electrons. The van der Waals surface area contributed by atoms with E-state index in [2.05, 4.69) is 5.32 Å². The minimum atomic E-state index is -3.62. The van der Waals surface area contributed by atoms with Gasteiger partial charge in [0.25, 0.3) is 5.91 Å². The molecule has 4 rings (SSSR count). The first kappa shape index (κ1) is 27.4. The number of amides is 1. The van der Waals surface area contributed by atoms with Crippen molar-refractivity contribution in [3.8, 4) is 17.1 Å². The van der Waals surface area contributed by atoms with Crippen molar-refractivity contribution in [1.29, 1.82) is 0 Å². The second-order valence-corrected chi connectivity index (χ2v) is 10.8. The Kier molecular flexibility index (Phi) is 8.20. The minimum Gasteiger partial charge on any atom is -0.473 e. The van der Waals surface area contributed by atoms with Crippen LogP contribution in [-0.2, 0) is 14.8 Å². The molecule has 4 aromatic rings. The number of rotatable bonds is 9. The van der Waals surface area contributed by atoms with E-state index in [0.717, 1.165) is 0 Å². The third-order valence-corrected chi connectivity index (χ3v) is 8.31. The molecule has 1 N–H and O–H groups in total. The molecule has 0 fully saturated rings. The van der Waals surface area contributed by atoms with Crippen molar-refractivity contribution in [1.82, 2.24) is 4.31 Å². The summed E-state index contributed by atoms with van der Waals surface area (Å²) in [6, 6.07) is 19.4. The summed E-state index contributed by atoms with van der Waals surface area (Å²) < 4.78 is 38.7. The Morgan fingerprint density at radius 1 is 1.00 bits per heavy atom. The number of ether oxygens (including phenoxy) is 1. The van der Waals surface area contributed by atoms with Crippen molar-refractivity contribution in [3.05, 3.63) is 88.0 Å². The number of nitrogens with zero attached hydrogens (tertiary/aromatic N) is 1. The molecule has 0 spiro atoms. The van der Waals surface area contributed by atoms with Crippen LogP contribution in [0.3, 0.4) is 0 Å². The fourth-order valence-electron chi connectivity index (χ4n) is 3.92. The van der Waals surface area contributed by atoms with Crippen molar-refractivity contribution in [2.45, 2.75) is 31.8 Å². The third-order valence-electron chi connectivity index (χ3n) is 5.99. The molecule has 0 saturated carbocycles. The van der Waals surface area contributed by atoms with E-state index in [1.165, 1.54) is 35.5 Å². The zero-order valence-corrected chi connectivity index (χ0v) is 22.7. The van der Waals surface area contributed by atoms with Gasteiger partial charge in [0, 0.05) is 29.4 Å². The number of para-hydroxylation sites is 1. The Morgan fingerprint density at radius 2 is 1.63 bits per heavy atom. The van der Waals surface area contributed by atoms with Gasteiger partial charge in [-0.05, 0) is 67.6 Å². The predicted octanol–water partition coefficient (Wildman–Crippen LogP) is 5.55. The summed E-state index contributed by atoms with van der Waals surface area (Å²) in [7, 11) is -3.62. The molecule has 0 saturated heterocycles. The van der Waals surface area contributed by atoms with Gasteiger partial charge in [0.1, 0.15) is 5.58 Å². The van der Waals surface area contributed by atoms with Crippen LogP contribution in [0.1, 0.15) is 20.8 Å². The van der Waals surface area contributed by atoms with E-state index in [1.54, 1.807) is 62.4 Å². The summed E-state index contributed by atoms with van der Waals surface area (Å²) in [6.07, 6.45) is -1.08. The molecule has 1 amide bonds. The van der Waals surface area contributed by atoms with E-state index in [1.807, 2.05) is 0 Å². The second-order valence-electron chi connectivity index (χ2n) is 8.46.